The summed E-state index contributed by atoms with van der Waals surface area (Å²) in [5.74, 6) is 2.34. The summed E-state index contributed by atoms with van der Waals surface area (Å²) in [5, 5.41) is 0. The van der Waals surface area contributed by atoms with E-state index < -0.39 is 0 Å². The van der Waals surface area contributed by atoms with Gasteiger partial charge in [0.2, 0.25) is 0 Å². The first-order chi connectivity index (χ1) is 8.69. The Morgan fingerprint density at radius 1 is 1.11 bits per heavy atom. The minimum Gasteiger partial charge on any atom is -0.497 e. The Balaban J connectivity index is 1.90. The van der Waals surface area contributed by atoms with Crippen LogP contribution in [0.4, 0.5) is 0 Å². The molecule has 1 aromatic carbocycles. The second kappa shape index (κ2) is 5.63. The molecule has 1 aromatic heterocycles. The molecule has 0 N–H and O–H groups in total. The van der Waals surface area contributed by atoms with Crippen LogP contribution in [0.2, 0.25) is 0 Å². The molecule has 0 spiro atoms. The van der Waals surface area contributed by atoms with Crippen LogP contribution < -0.4 is 9.47 Å². The number of aryl methyl sites for hydroxylation is 2. The largest absolute Gasteiger partial charge is 0.497 e. The molecular weight excluding hydrogens is 228 g/mol. The lowest BCUT2D eigenvalue weighted by Gasteiger charge is -2.08. The summed E-state index contributed by atoms with van der Waals surface area (Å²) in [5.41, 5.74) is 2.48. The van der Waals surface area contributed by atoms with Crippen LogP contribution >= 0.6 is 0 Å². The zero-order valence-corrected chi connectivity index (χ0v) is 11.0. The predicted octanol–water partition coefficient (Wildman–Crippen LogP) is 3.53. The van der Waals surface area contributed by atoms with E-state index in [1.54, 1.807) is 7.11 Å². The molecular formula is C15H18O3. The zero-order chi connectivity index (χ0) is 13.0. The second-order valence-corrected chi connectivity index (χ2v) is 4.26. The van der Waals surface area contributed by atoms with Gasteiger partial charge in [0.05, 0.1) is 13.7 Å². The fourth-order valence-corrected chi connectivity index (χ4v) is 1.83. The topological polar surface area (TPSA) is 31.6 Å². The van der Waals surface area contributed by atoms with Crippen LogP contribution in [0.15, 0.2) is 34.7 Å². The van der Waals surface area contributed by atoms with Gasteiger partial charge in [-0.2, -0.15) is 0 Å². The van der Waals surface area contributed by atoms with Crippen molar-refractivity contribution in [2.45, 2.75) is 20.3 Å². The molecule has 0 unspecified atom stereocenters. The molecule has 0 aliphatic carbocycles. The minimum absolute atomic E-state index is 0.582. The zero-order valence-electron chi connectivity index (χ0n) is 11.0. The first-order valence-corrected chi connectivity index (χ1v) is 6.02. The Morgan fingerprint density at radius 3 is 2.56 bits per heavy atom. The fourth-order valence-electron chi connectivity index (χ4n) is 1.83. The highest BCUT2D eigenvalue weighted by Gasteiger charge is 2.03. The molecule has 2 aromatic rings. The van der Waals surface area contributed by atoms with Crippen molar-refractivity contribution in [3.8, 4) is 11.7 Å². The van der Waals surface area contributed by atoms with Gasteiger partial charge in [0, 0.05) is 12.5 Å². The Morgan fingerprint density at radius 2 is 1.94 bits per heavy atom. The quantitative estimate of drug-likeness (QED) is 0.808. The SMILES string of the molecule is COc1ccc(CCOc2ccc(C)o2)c(C)c1. The molecule has 1 heterocycles. The minimum atomic E-state index is 0.582. The summed E-state index contributed by atoms with van der Waals surface area (Å²) in [6.07, 6.45) is 0.857. The van der Waals surface area contributed by atoms with Crippen LogP contribution in [0.3, 0.4) is 0 Å². The second-order valence-electron chi connectivity index (χ2n) is 4.26. The van der Waals surface area contributed by atoms with E-state index in [0.29, 0.717) is 12.6 Å². The van der Waals surface area contributed by atoms with Crippen LogP contribution in [0, 0.1) is 13.8 Å². The monoisotopic (exact) mass is 246 g/mol. The Labute approximate surface area is 107 Å². The third kappa shape index (κ3) is 3.06. The van der Waals surface area contributed by atoms with E-state index in [9.17, 15) is 0 Å². The van der Waals surface area contributed by atoms with Gasteiger partial charge in [-0.15, -0.1) is 0 Å². The molecule has 0 atom stereocenters. The van der Waals surface area contributed by atoms with Crippen LogP contribution in [0.1, 0.15) is 16.9 Å². The van der Waals surface area contributed by atoms with E-state index >= 15 is 0 Å². The number of rotatable bonds is 5. The van der Waals surface area contributed by atoms with Crippen molar-refractivity contribution in [3.05, 3.63) is 47.2 Å². The van der Waals surface area contributed by atoms with Crippen molar-refractivity contribution in [1.29, 1.82) is 0 Å². The van der Waals surface area contributed by atoms with Crippen molar-refractivity contribution in [1.82, 2.24) is 0 Å². The maximum atomic E-state index is 5.54. The van der Waals surface area contributed by atoms with Gasteiger partial charge < -0.3 is 13.9 Å². The average molecular weight is 246 g/mol. The van der Waals surface area contributed by atoms with Crippen LogP contribution in [0.25, 0.3) is 0 Å². The lowest BCUT2D eigenvalue weighted by molar-refractivity contribution is 0.242. The molecule has 3 nitrogen and oxygen atoms in total. The molecule has 0 saturated carbocycles. The summed E-state index contributed by atoms with van der Waals surface area (Å²) in [6.45, 7) is 4.59. The molecule has 2 rings (SSSR count). The van der Waals surface area contributed by atoms with E-state index in [1.165, 1.54) is 11.1 Å². The van der Waals surface area contributed by atoms with Gasteiger partial charge in [-0.1, -0.05) is 6.07 Å². The summed E-state index contributed by atoms with van der Waals surface area (Å²) in [7, 11) is 1.68. The highest BCUT2D eigenvalue weighted by atomic mass is 16.6. The number of ether oxygens (including phenoxy) is 2. The Kier molecular flexibility index (Phi) is 3.92. The molecule has 0 aliphatic rings. The smallest absolute Gasteiger partial charge is 0.284 e. The molecule has 96 valence electrons. The van der Waals surface area contributed by atoms with Gasteiger partial charge in [-0.25, -0.2) is 0 Å². The van der Waals surface area contributed by atoms with Crippen molar-refractivity contribution < 1.29 is 13.9 Å². The summed E-state index contributed by atoms with van der Waals surface area (Å²) in [4.78, 5) is 0. The predicted molar refractivity (Wildman–Crippen MR) is 70.4 cm³/mol. The van der Waals surface area contributed by atoms with Gasteiger partial charge in [0.25, 0.3) is 5.95 Å². The van der Waals surface area contributed by atoms with Gasteiger partial charge in [-0.3, -0.25) is 0 Å². The summed E-state index contributed by atoms with van der Waals surface area (Å²) < 4.78 is 16.1. The average Bonchev–Trinajstić information content (AvgIpc) is 2.77. The normalized spacial score (nSPS) is 10.4. The van der Waals surface area contributed by atoms with Gasteiger partial charge >= 0.3 is 0 Å². The molecule has 0 saturated heterocycles. The van der Waals surface area contributed by atoms with Crippen molar-refractivity contribution >= 4 is 0 Å². The number of furan rings is 1. The lowest BCUT2D eigenvalue weighted by Crippen LogP contribution is -2.02. The molecule has 0 radical (unpaired) electrons. The van der Waals surface area contributed by atoms with Crippen LogP contribution in [0.5, 0.6) is 11.7 Å². The number of methoxy groups -OCH3 is 1. The highest BCUT2D eigenvalue weighted by Crippen LogP contribution is 2.18. The maximum Gasteiger partial charge on any atom is 0.284 e. The van der Waals surface area contributed by atoms with Crippen molar-refractivity contribution in [3.63, 3.8) is 0 Å². The molecule has 18 heavy (non-hydrogen) atoms. The number of hydrogen-bond donors (Lipinski definition) is 0. The van der Waals surface area contributed by atoms with E-state index in [1.807, 2.05) is 31.2 Å². The lowest BCUT2D eigenvalue weighted by atomic mass is 10.1. The van der Waals surface area contributed by atoms with Gasteiger partial charge in [0.15, 0.2) is 0 Å². The number of benzene rings is 1. The van der Waals surface area contributed by atoms with Gasteiger partial charge in [0.1, 0.15) is 11.5 Å². The van der Waals surface area contributed by atoms with E-state index in [0.717, 1.165) is 17.9 Å². The van der Waals surface area contributed by atoms with Crippen molar-refractivity contribution in [2.75, 3.05) is 13.7 Å². The first kappa shape index (κ1) is 12.6. The third-order valence-electron chi connectivity index (χ3n) is 2.88. The third-order valence-corrected chi connectivity index (χ3v) is 2.88. The van der Waals surface area contributed by atoms with Crippen LogP contribution in [-0.2, 0) is 6.42 Å². The Bertz CT molecular complexity index is 514. The molecule has 3 heteroatoms. The van der Waals surface area contributed by atoms with E-state index in [2.05, 4.69) is 13.0 Å². The van der Waals surface area contributed by atoms with Crippen LogP contribution in [-0.4, -0.2) is 13.7 Å². The van der Waals surface area contributed by atoms with Crippen molar-refractivity contribution in [2.24, 2.45) is 0 Å². The molecule has 0 aliphatic heterocycles. The number of hydrogen-bond acceptors (Lipinski definition) is 3. The Hall–Kier alpha value is -1.90. The standard InChI is InChI=1S/C15H18O3/c1-11-10-14(16-3)6-5-13(11)8-9-17-15-7-4-12(2)18-15/h4-7,10H,8-9H2,1-3H3. The first-order valence-electron chi connectivity index (χ1n) is 6.02. The molecule has 0 bridgehead atoms. The van der Waals surface area contributed by atoms with E-state index in [4.69, 9.17) is 13.9 Å². The van der Waals surface area contributed by atoms with E-state index in [-0.39, 0.29) is 0 Å². The maximum absolute atomic E-state index is 5.54. The summed E-state index contributed by atoms with van der Waals surface area (Å²) in [6, 6.07) is 9.82. The highest BCUT2D eigenvalue weighted by molar-refractivity contribution is 5.34. The molecule has 0 amide bonds. The van der Waals surface area contributed by atoms with Gasteiger partial charge in [-0.05, 0) is 43.2 Å². The molecule has 0 fully saturated rings. The summed E-state index contributed by atoms with van der Waals surface area (Å²) >= 11 is 0. The fraction of sp³-hybridized carbons (Fsp3) is 0.333.